The molecule has 1 aliphatic rings. The van der Waals surface area contributed by atoms with Crippen LogP contribution >= 0.6 is 11.6 Å². The fraction of sp³-hybridized carbons (Fsp3) is 0.261. The number of hydrazone groups is 1. The van der Waals surface area contributed by atoms with Crippen molar-refractivity contribution in [2.45, 2.75) is 13.5 Å². The molecule has 0 radical (unpaired) electrons. The smallest absolute Gasteiger partial charge is 0.0661 e. The molecule has 3 aromatic carbocycles. The molecule has 3 nitrogen and oxygen atoms in total. The van der Waals surface area contributed by atoms with Crippen molar-refractivity contribution in [1.29, 1.82) is 0 Å². The highest BCUT2D eigenvalue weighted by atomic mass is 35.5. The summed E-state index contributed by atoms with van der Waals surface area (Å²) in [5.41, 5.74) is 3.39. The number of nitrogens with zero attached hydrogens (tertiary/aromatic N) is 3. The van der Waals surface area contributed by atoms with Gasteiger partial charge in [0.2, 0.25) is 0 Å². The van der Waals surface area contributed by atoms with Crippen molar-refractivity contribution in [3.05, 3.63) is 82.9 Å². The van der Waals surface area contributed by atoms with Crippen LogP contribution in [0.15, 0.2) is 71.8 Å². The molecule has 0 bridgehead atoms. The molecule has 0 atom stereocenters. The molecule has 0 amide bonds. The summed E-state index contributed by atoms with van der Waals surface area (Å²) in [6.45, 7) is 6.93. The largest absolute Gasteiger partial charge is 0.295 e. The Labute approximate surface area is 165 Å². The zero-order chi connectivity index (χ0) is 18.6. The maximum absolute atomic E-state index is 6.29. The molecule has 0 unspecified atom stereocenters. The molecule has 1 aliphatic heterocycles. The highest BCUT2D eigenvalue weighted by Gasteiger charge is 2.17. The van der Waals surface area contributed by atoms with Crippen molar-refractivity contribution in [1.82, 2.24) is 9.91 Å². The zero-order valence-corrected chi connectivity index (χ0v) is 16.4. The van der Waals surface area contributed by atoms with Crippen LogP contribution in [-0.4, -0.2) is 41.8 Å². The van der Waals surface area contributed by atoms with Gasteiger partial charge in [-0.15, -0.1) is 0 Å². The van der Waals surface area contributed by atoms with Crippen molar-refractivity contribution < 1.29 is 0 Å². The third-order valence-corrected chi connectivity index (χ3v) is 5.51. The Hall–Kier alpha value is -2.36. The van der Waals surface area contributed by atoms with Crippen LogP contribution in [0.3, 0.4) is 0 Å². The quantitative estimate of drug-likeness (QED) is 0.593. The van der Waals surface area contributed by atoms with Gasteiger partial charge in [-0.05, 0) is 29.3 Å². The Morgan fingerprint density at radius 2 is 1.59 bits per heavy atom. The molecule has 0 aliphatic carbocycles. The first-order valence-electron chi connectivity index (χ1n) is 9.45. The van der Waals surface area contributed by atoms with E-state index in [4.69, 9.17) is 16.7 Å². The minimum atomic E-state index is 0.758. The summed E-state index contributed by atoms with van der Waals surface area (Å²) < 4.78 is 0. The zero-order valence-electron chi connectivity index (χ0n) is 15.6. The minimum Gasteiger partial charge on any atom is -0.295 e. The van der Waals surface area contributed by atoms with E-state index < -0.39 is 0 Å². The number of hydrogen-bond donors (Lipinski definition) is 0. The van der Waals surface area contributed by atoms with Gasteiger partial charge in [-0.2, -0.15) is 5.10 Å². The van der Waals surface area contributed by atoms with E-state index in [9.17, 15) is 0 Å². The van der Waals surface area contributed by atoms with E-state index in [0.717, 1.165) is 49.0 Å². The van der Waals surface area contributed by atoms with E-state index in [-0.39, 0.29) is 0 Å². The molecule has 1 fully saturated rings. The van der Waals surface area contributed by atoms with Crippen molar-refractivity contribution in [3.8, 4) is 0 Å². The van der Waals surface area contributed by atoms with Gasteiger partial charge in [0.15, 0.2) is 0 Å². The molecule has 0 aromatic heterocycles. The molecular formula is C23H24ClN3. The van der Waals surface area contributed by atoms with Crippen LogP contribution in [0.1, 0.15) is 18.1 Å². The third kappa shape index (κ3) is 4.15. The van der Waals surface area contributed by atoms with E-state index in [1.807, 2.05) is 31.2 Å². The van der Waals surface area contributed by atoms with E-state index in [1.54, 1.807) is 0 Å². The summed E-state index contributed by atoms with van der Waals surface area (Å²) in [5.74, 6) is 0. The second kappa shape index (κ2) is 8.12. The lowest BCUT2D eigenvalue weighted by molar-refractivity contribution is 0.131. The van der Waals surface area contributed by atoms with E-state index in [0.29, 0.717) is 0 Å². The number of rotatable bonds is 4. The number of fused-ring (bicyclic) bond motifs is 1. The highest BCUT2D eigenvalue weighted by Crippen LogP contribution is 2.21. The number of hydrogen-bond acceptors (Lipinski definition) is 3. The van der Waals surface area contributed by atoms with Crippen molar-refractivity contribution in [2.24, 2.45) is 5.10 Å². The van der Waals surface area contributed by atoms with Gasteiger partial charge in [-0.3, -0.25) is 9.91 Å². The predicted molar refractivity (Wildman–Crippen MR) is 114 cm³/mol. The molecule has 4 heteroatoms. The Morgan fingerprint density at radius 3 is 2.41 bits per heavy atom. The summed E-state index contributed by atoms with van der Waals surface area (Å²) in [5, 5.41) is 10.4. The molecule has 138 valence electrons. The van der Waals surface area contributed by atoms with Crippen molar-refractivity contribution >= 4 is 28.1 Å². The van der Waals surface area contributed by atoms with Gasteiger partial charge in [0.25, 0.3) is 0 Å². The Kier molecular flexibility index (Phi) is 5.42. The molecule has 3 aromatic rings. The summed E-state index contributed by atoms with van der Waals surface area (Å²) in [6.07, 6.45) is 0. The number of benzene rings is 3. The predicted octanol–water partition coefficient (Wildman–Crippen LogP) is 5.04. The van der Waals surface area contributed by atoms with Crippen LogP contribution in [0.5, 0.6) is 0 Å². The molecule has 0 N–H and O–H groups in total. The maximum Gasteiger partial charge on any atom is 0.0661 e. The first-order valence-corrected chi connectivity index (χ1v) is 9.82. The van der Waals surface area contributed by atoms with Gasteiger partial charge in [0.05, 0.1) is 5.71 Å². The van der Waals surface area contributed by atoms with E-state index >= 15 is 0 Å². The first kappa shape index (κ1) is 18.0. The van der Waals surface area contributed by atoms with Crippen LogP contribution in [0.25, 0.3) is 10.8 Å². The van der Waals surface area contributed by atoms with Crippen LogP contribution in [0.2, 0.25) is 5.02 Å². The van der Waals surface area contributed by atoms with Gasteiger partial charge >= 0.3 is 0 Å². The molecule has 27 heavy (non-hydrogen) atoms. The highest BCUT2D eigenvalue weighted by molar-refractivity contribution is 6.34. The van der Waals surface area contributed by atoms with Crippen molar-refractivity contribution in [2.75, 3.05) is 26.2 Å². The fourth-order valence-corrected chi connectivity index (χ4v) is 3.96. The fourth-order valence-electron chi connectivity index (χ4n) is 3.69. The Morgan fingerprint density at radius 1 is 0.889 bits per heavy atom. The van der Waals surface area contributed by atoms with Crippen LogP contribution < -0.4 is 0 Å². The lowest BCUT2D eigenvalue weighted by Crippen LogP contribution is -2.43. The molecule has 1 saturated heterocycles. The Balaban J connectivity index is 1.40. The molecule has 0 saturated carbocycles. The summed E-state index contributed by atoms with van der Waals surface area (Å²) in [4.78, 5) is 2.51. The molecular weight excluding hydrogens is 354 g/mol. The second-order valence-electron chi connectivity index (χ2n) is 7.03. The Bertz CT molecular complexity index is 953. The lowest BCUT2D eigenvalue weighted by atomic mass is 10.0. The van der Waals surface area contributed by atoms with Gasteiger partial charge < -0.3 is 0 Å². The summed E-state index contributed by atoms with van der Waals surface area (Å²) in [7, 11) is 0. The van der Waals surface area contributed by atoms with Crippen LogP contribution in [-0.2, 0) is 6.54 Å². The summed E-state index contributed by atoms with van der Waals surface area (Å²) >= 11 is 6.29. The van der Waals surface area contributed by atoms with Crippen LogP contribution in [0, 0.1) is 0 Å². The second-order valence-corrected chi connectivity index (χ2v) is 7.44. The summed E-state index contributed by atoms with van der Waals surface area (Å²) in [6, 6.07) is 23.1. The molecule has 0 spiro atoms. The molecule has 4 rings (SSSR count). The lowest BCUT2D eigenvalue weighted by Gasteiger charge is -2.33. The van der Waals surface area contributed by atoms with E-state index in [1.165, 1.54) is 16.3 Å². The average molecular weight is 378 g/mol. The SMILES string of the molecule is C/C(=N\N1CCN(Cc2cccc3ccccc23)CC1)c1ccccc1Cl. The normalized spacial score (nSPS) is 16.1. The van der Waals surface area contributed by atoms with Crippen LogP contribution in [0.4, 0.5) is 0 Å². The van der Waals surface area contributed by atoms with Crippen molar-refractivity contribution in [3.63, 3.8) is 0 Å². The monoisotopic (exact) mass is 377 g/mol. The van der Waals surface area contributed by atoms with Gasteiger partial charge in [0.1, 0.15) is 0 Å². The first-order chi connectivity index (χ1) is 13.2. The van der Waals surface area contributed by atoms with E-state index in [2.05, 4.69) is 52.4 Å². The molecule has 1 heterocycles. The van der Waals surface area contributed by atoms with Gasteiger partial charge in [-0.1, -0.05) is 72.3 Å². The number of piperazine rings is 1. The van der Waals surface area contributed by atoms with Gasteiger partial charge in [-0.25, -0.2) is 0 Å². The maximum atomic E-state index is 6.29. The standard InChI is InChI=1S/C23H24ClN3/c1-18(21-10-4-5-12-23(21)24)25-27-15-13-26(14-16-27)17-20-9-6-8-19-7-2-3-11-22(19)20/h2-12H,13-17H2,1H3/b25-18+. The van der Waals surface area contributed by atoms with Gasteiger partial charge in [0, 0.05) is 43.3 Å². The number of halogens is 1. The third-order valence-electron chi connectivity index (χ3n) is 5.18. The minimum absolute atomic E-state index is 0.758. The average Bonchev–Trinajstić information content (AvgIpc) is 2.70. The topological polar surface area (TPSA) is 18.8 Å².